The third kappa shape index (κ3) is 2.93. The van der Waals surface area contributed by atoms with E-state index in [1.807, 2.05) is 12.1 Å². The summed E-state index contributed by atoms with van der Waals surface area (Å²) in [6.07, 6.45) is 4.02. The summed E-state index contributed by atoms with van der Waals surface area (Å²) in [5.74, 6) is 0.713. The maximum Gasteiger partial charge on any atom is 0.213 e. The number of ether oxygens (including phenoxy) is 1. The highest BCUT2D eigenvalue weighted by molar-refractivity contribution is 5.15. The predicted octanol–water partition coefficient (Wildman–Crippen LogP) is 2.08. The van der Waals surface area contributed by atoms with Crippen LogP contribution in [0.15, 0.2) is 18.2 Å². The monoisotopic (exact) mass is 206 g/mol. The second-order valence-electron chi connectivity index (χ2n) is 4.01. The molecule has 1 aromatic rings. The van der Waals surface area contributed by atoms with Crippen molar-refractivity contribution >= 4 is 0 Å². The third-order valence-electron chi connectivity index (χ3n) is 2.82. The van der Waals surface area contributed by atoms with Crippen molar-refractivity contribution < 1.29 is 4.74 Å². The van der Waals surface area contributed by atoms with Crippen LogP contribution in [0.3, 0.4) is 0 Å². The first-order valence-corrected chi connectivity index (χ1v) is 5.61. The van der Waals surface area contributed by atoms with Crippen LogP contribution in [0, 0.1) is 0 Å². The molecule has 0 saturated carbocycles. The number of hydrogen-bond donors (Lipinski definition) is 0. The zero-order valence-corrected chi connectivity index (χ0v) is 9.28. The number of aromatic nitrogens is 1. The van der Waals surface area contributed by atoms with Crippen LogP contribution in [-0.2, 0) is 6.54 Å². The van der Waals surface area contributed by atoms with E-state index < -0.39 is 0 Å². The van der Waals surface area contributed by atoms with Gasteiger partial charge in [0.2, 0.25) is 5.88 Å². The van der Waals surface area contributed by atoms with Crippen LogP contribution in [0.25, 0.3) is 0 Å². The van der Waals surface area contributed by atoms with Gasteiger partial charge in [0.25, 0.3) is 0 Å². The van der Waals surface area contributed by atoms with Crippen LogP contribution in [0.1, 0.15) is 25.0 Å². The molecule has 0 bridgehead atoms. The first-order valence-electron chi connectivity index (χ1n) is 5.61. The maximum absolute atomic E-state index is 5.11. The highest BCUT2D eigenvalue weighted by atomic mass is 16.5. The average Bonchev–Trinajstić information content (AvgIpc) is 2.31. The van der Waals surface area contributed by atoms with Gasteiger partial charge < -0.3 is 4.74 Å². The Labute approximate surface area is 91.1 Å². The minimum Gasteiger partial charge on any atom is -0.481 e. The molecule has 82 valence electrons. The number of nitrogens with zero attached hydrogens (tertiary/aromatic N) is 2. The number of pyridine rings is 1. The lowest BCUT2D eigenvalue weighted by atomic mass is 10.1. The summed E-state index contributed by atoms with van der Waals surface area (Å²) in [6, 6.07) is 5.96. The summed E-state index contributed by atoms with van der Waals surface area (Å²) in [6.45, 7) is 3.37. The lowest BCUT2D eigenvalue weighted by Crippen LogP contribution is -2.29. The van der Waals surface area contributed by atoms with Crippen molar-refractivity contribution in [2.24, 2.45) is 0 Å². The molecule has 1 aliphatic rings. The van der Waals surface area contributed by atoms with Gasteiger partial charge in [-0.05, 0) is 32.0 Å². The van der Waals surface area contributed by atoms with Gasteiger partial charge in [-0.3, -0.25) is 4.90 Å². The molecule has 0 amide bonds. The van der Waals surface area contributed by atoms with Crippen LogP contribution < -0.4 is 4.74 Å². The summed E-state index contributed by atoms with van der Waals surface area (Å²) < 4.78 is 5.11. The minimum atomic E-state index is 0.713. The van der Waals surface area contributed by atoms with Crippen molar-refractivity contribution in [1.29, 1.82) is 0 Å². The lowest BCUT2D eigenvalue weighted by Gasteiger charge is -2.25. The Bertz CT molecular complexity index is 308. The van der Waals surface area contributed by atoms with Crippen LogP contribution in [0.5, 0.6) is 5.88 Å². The van der Waals surface area contributed by atoms with E-state index in [9.17, 15) is 0 Å². The Morgan fingerprint density at radius 2 is 2.07 bits per heavy atom. The largest absolute Gasteiger partial charge is 0.481 e. The van der Waals surface area contributed by atoms with Crippen LogP contribution in [-0.4, -0.2) is 30.1 Å². The highest BCUT2D eigenvalue weighted by Crippen LogP contribution is 2.13. The van der Waals surface area contributed by atoms with Gasteiger partial charge in [0.15, 0.2) is 0 Å². The van der Waals surface area contributed by atoms with E-state index >= 15 is 0 Å². The molecule has 0 N–H and O–H groups in total. The molecule has 1 aliphatic heterocycles. The molecule has 0 aromatic carbocycles. The van der Waals surface area contributed by atoms with Crippen molar-refractivity contribution in [3.63, 3.8) is 0 Å². The maximum atomic E-state index is 5.11. The van der Waals surface area contributed by atoms with E-state index in [2.05, 4.69) is 16.0 Å². The molecule has 0 spiro atoms. The Morgan fingerprint density at radius 3 is 2.80 bits per heavy atom. The lowest BCUT2D eigenvalue weighted by molar-refractivity contribution is 0.218. The fourth-order valence-corrected chi connectivity index (χ4v) is 2.01. The van der Waals surface area contributed by atoms with Crippen molar-refractivity contribution in [3.05, 3.63) is 23.9 Å². The van der Waals surface area contributed by atoms with Crippen LogP contribution in [0.2, 0.25) is 0 Å². The molecule has 15 heavy (non-hydrogen) atoms. The molecule has 0 aliphatic carbocycles. The number of hydrogen-bond acceptors (Lipinski definition) is 3. The molecule has 3 nitrogen and oxygen atoms in total. The Balaban J connectivity index is 1.96. The van der Waals surface area contributed by atoms with Gasteiger partial charge in [0.05, 0.1) is 12.8 Å². The topological polar surface area (TPSA) is 25.4 Å². The summed E-state index contributed by atoms with van der Waals surface area (Å²) >= 11 is 0. The molecule has 2 heterocycles. The third-order valence-corrected chi connectivity index (χ3v) is 2.82. The van der Waals surface area contributed by atoms with Crippen molar-refractivity contribution in [2.75, 3.05) is 20.2 Å². The summed E-state index contributed by atoms with van der Waals surface area (Å²) in [5, 5.41) is 0. The normalized spacial score (nSPS) is 17.7. The van der Waals surface area contributed by atoms with Crippen molar-refractivity contribution in [2.45, 2.75) is 25.8 Å². The summed E-state index contributed by atoms with van der Waals surface area (Å²) in [4.78, 5) is 6.89. The van der Waals surface area contributed by atoms with Gasteiger partial charge >= 0.3 is 0 Å². The molecule has 3 heteroatoms. The number of rotatable bonds is 3. The molecule has 2 rings (SSSR count). The smallest absolute Gasteiger partial charge is 0.213 e. The SMILES string of the molecule is COc1cccc(CN2CCCCC2)n1. The van der Waals surface area contributed by atoms with Gasteiger partial charge in [-0.1, -0.05) is 12.5 Å². The predicted molar refractivity (Wildman–Crippen MR) is 59.9 cm³/mol. The van der Waals surface area contributed by atoms with Crippen LogP contribution in [0.4, 0.5) is 0 Å². The molecule has 1 fully saturated rings. The quantitative estimate of drug-likeness (QED) is 0.757. The standard InChI is InChI=1S/C12H18N2O/c1-15-12-7-5-6-11(13-12)10-14-8-3-2-4-9-14/h5-7H,2-4,8-10H2,1H3. The van der Waals surface area contributed by atoms with E-state index in [0.29, 0.717) is 5.88 Å². The van der Waals surface area contributed by atoms with E-state index in [1.165, 1.54) is 32.4 Å². The zero-order chi connectivity index (χ0) is 10.5. The molecule has 0 unspecified atom stereocenters. The van der Waals surface area contributed by atoms with Gasteiger partial charge in [0, 0.05) is 12.6 Å². The first-order chi connectivity index (χ1) is 7.38. The van der Waals surface area contributed by atoms with Crippen molar-refractivity contribution in [3.8, 4) is 5.88 Å². The summed E-state index contributed by atoms with van der Waals surface area (Å²) in [5.41, 5.74) is 1.11. The minimum absolute atomic E-state index is 0.713. The molecular weight excluding hydrogens is 188 g/mol. The molecule has 1 aromatic heterocycles. The van der Waals surface area contributed by atoms with E-state index in [-0.39, 0.29) is 0 Å². The Hall–Kier alpha value is -1.09. The van der Waals surface area contributed by atoms with Gasteiger partial charge in [-0.25, -0.2) is 4.98 Å². The van der Waals surface area contributed by atoms with Crippen LogP contribution >= 0.6 is 0 Å². The fourth-order valence-electron chi connectivity index (χ4n) is 2.01. The van der Waals surface area contributed by atoms with E-state index in [0.717, 1.165) is 12.2 Å². The van der Waals surface area contributed by atoms with Gasteiger partial charge in [-0.15, -0.1) is 0 Å². The Kier molecular flexibility index (Phi) is 3.56. The van der Waals surface area contributed by atoms with Crippen molar-refractivity contribution in [1.82, 2.24) is 9.88 Å². The van der Waals surface area contributed by atoms with Gasteiger partial charge in [-0.2, -0.15) is 0 Å². The number of likely N-dealkylation sites (tertiary alicyclic amines) is 1. The Morgan fingerprint density at radius 1 is 1.27 bits per heavy atom. The zero-order valence-electron chi connectivity index (χ0n) is 9.28. The molecular formula is C12H18N2O. The average molecular weight is 206 g/mol. The highest BCUT2D eigenvalue weighted by Gasteiger charge is 2.10. The second-order valence-corrected chi connectivity index (χ2v) is 4.01. The molecule has 0 radical (unpaired) electrons. The summed E-state index contributed by atoms with van der Waals surface area (Å²) in [7, 11) is 1.66. The second kappa shape index (κ2) is 5.12. The number of methoxy groups -OCH3 is 1. The molecule has 1 saturated heterocycles. The molecule has 0 atom stereocenters. The van der Waals surface area contributed by atoms with E-state index in [4.69, 9.17) is 4.74 Å². The van der Waals surface area contributed by atoms with Gasteiger partial charge in [0.1, 0.15) is 0 Å². The van der Waals surface area contributed by atoms with E-state index in [1.54, 1.807) is 7.11 Å². The fraction of sp³-hybridized carbons (Fsp3) is 0.583. The first kappa shape index (κ1) is 10.4. The number of piperidine rings is 1.